The minimum absolute atomic E-state index is 0.0532. The molecule has 0 radical (unpaired) electrons. The molecule has 1 aliphatic rings. The van der Waals surface area contributed by atoms with E-state index in [0.717, 1.165) is 16.2 Å². The number of thioether (sulfide) groups is 1. The molecule has 5 rings (SSSR count). The van der Waals surface area contributed by atoms with Gasteiger partial charge in [0.25, 0.3) is 5.91 Å². The maximum Gasteiger partial charge on any atom is 0.350 e. The molecule has 0 saturated heterocycles. The zero-order valence-corrected chi connectivity index (χ0v) is 21.6. The number of anilines is 1. The predicted molar refractivity (Wildman–Crippen MR) is 142 cm³/mol. The minimum Gasteiger partial charge on any atom is -0.457 e. The molecule has 7 nitrogen and oxygen atoms in total. The van der Waals surface area contributed by atoms with Gasteiger partial charge in [-0.25, -0.2) is 9.78 Å². The molecule has 36 heavy (non-hydrogen) atoms. The number of carbonyl (C=O) groups excluding carboxylic acids is 2. The monoisotopic (exact) mass is 538 g/mol. The number of aryl methyl sites for hydroxylation is 1. The van der Waals surface area contributed by atoms with Gasteiger partial charge in [0.2, 0.25) is 5.76 Å². The Kier molecular flexibility index (Phi) is 6.46. The quantitative estimate of drug-likeness (QED) is 0.168. The van der Waals surface area contributed by atoms with Gasteiger partial charge in [-0.15, -0.1) is 11.8 Å². The fourth-order valence-corrected chi connectivity index (χ4v) is 5.69. The van der Waals surface area contributed by atoms with Crippen LogP contribution in [-0.2, 0) is 4.74 Å². The molecule has 0 N–H and O–H groups in total. The highest BCUT2D eigenvalue weighted by Crippen LogP contribution is 2.43. The molecule has 1 aliphatic heterocycles. The summed E-state index contributed by atoms with van der Waals surface area (Å²) in [6.45, 7) is 5.27. The van der Waals surface area contributed by atoms with Gasteiger partial charge in [-0.05, 0) is 49.1 Å². The van der Waals surface area contributed by atoms with Gasteiger partial charge in [-0.1, -0.05) is 47.7 Å². The summed E-state index contributed by atoms with van der Waals surface area (Å²) in [5.41, 5.74) is 1.24. The second-order valence-electron chi connectivity index (χ2n) is 7.96. The van der Waals surface area contributed by atoms with Crippen LogP contribution in [0.5, 0.6) is 0 Å². The first-order chi connectivity index (χ1) is 17.3. The number of esters is 1. The largest absolute Gasteiger partial charge is 0.457 e. The van der Waals surface area contributed by atoms with Crippen molar-refractivity contribution in [3.63, 3.8) is 0 Å². The molecule has 0 bridgehead atoms. The van der Waals surface area contributed by atoms with E-state index in [4.69, 9.17) is 20.8 Å². The van der Waals surface area contributed by atoms with Gasteiger partial charge in [0, 0.05) is 9.92 Å². The number of hydrogen-bond acceptors (Lipinski definition) is 8. The topological polar surface area (TPSA) is 89.7 Å². The third kappa shape index (κ3) is 4.03. The lowest BCUT2D eigenvalue weighted by Gasteiger charge is -2.22. The van der Waals surface area contributed by atoms with Crippen molar-refractivity contribution >= 4 is 62.7 Å². The minimum atomic E-state index is -0.800. The van der Waals surface area contributed by atoms with Crippen molar-refractivity contribution in [2.75, 3.05) is 17.8 Å². The van der Waals surface area contributed by atoms with E-state index >= 15 is 0 Å². The van der Waals surface area contributed by atoms with Crippen molar-refractivity contribution in [2.24, 2.45) is 0 Å². The maximum atomic E-state index is 13.7. The number of carbonyl (C=O) groups is 2. The van der Waals surface area contributed by atoms with E-state index in [1.165, 1.54) is 17.0 Å². The summed E-state index contributed by atoms with van der Waals surface area (Å²) in [7, 11) is 0. The normalized spacial score (nSPS) is 14.8. The smallest absolute Gasteiger partial charge is 0.350 e. The second-order valence-corrected chi connectivity index (χ2v) is 10.3. The number of fused-ring (bicyclic) bond motifs is 2. The Labute approximate surface area is 219 Å². The van der Waals surface area contributed by atoms with Crippen molar-refractivity contribution in [1.82, 2.24) is 4.98 Å². The number of aromatic nitrogens is 1. The molecule has 2 aromatic heterocycles. The number of thiazole rings is 1. The SMILES string of the molecule is C=CCOC(=O)c1sc(N2C(=O)c3oc4ccc(Cl)cc4c(=O)c3C2c2ccc(SC)cc2)nc1C. The van der Waals surface area contributed by atoms with Crippen LogP contribution in [0, 0.1) is 6.92 Å². The summed E-state index contributed by atoms with van der Waals surface area (Å²) in [6, 6.07) is 11.5. The molecule has 4 aromatic rings. The van der Waals surface area contributed by atoms with E-state index in [1.54, 1.807) is 30.8 Å². The first kappa shape index (κ1) is 24.3. The summed E-state index contributed by atoms with van der Waals surface area (Å²) in [5.74, 6) is -1.13. The van der Waals surface area contributed by atoms with Gasteiger partial charge in [-0.3, -0.25) is 14.5 Å². The lowest BCUT2D eigenvalue weighted by Crippen LogP contribution is -2.29. The van der Waals surface area contributed by atoms with Gasteiger partial charge >= 0.3 is 5.97 Å². The van der Waals surface area contributed by atoms with Crippen LogP contribution in [-0.4, -0.2) is 29.7 Å². The van der Waals surface area contributed by atoms with E-state index in [0.29, 0.717) is 16.3 Å². The van der Waals surface area contributed by atoms with E-state index in [2.05, 4.69) is 11.6 Å². The van der Waals surface area contributed by atoms with E-state index in [1.807, 2.05) is 30.5 Å². The van der Waals surface area contributed by atoms with Crippen molar-refractivity contribution in [2.45, 2.75) is 17.9 Å². The lowest BCUT2D eigenvalue weighted by atomic mass is 9.99. The summed E-state index contributed by atoms with van der Waals surface area (Å²) >= 11 is 8.75. The number of nitrogens with zero attached hydrogens (tertiary/aromatic N) is 2. The summed E-state index contributed by atoms with van der Waals surface area (Å²) in [6.07, 6.45) is 3.43. The van der Waals surface area contributed by atoms with Crippen LogP contribution >= 0.6 is 34.7 Å². The van der Waals surface area contributed by atoms with Gasteiger partial charge in [0.15, 0.2) is 10.6 Å². The number of hydrogen-bond donors (Lipinski definition) is 0. The van der Waals surface area contributed by atoms with Crippen LogP contribution in [0.4, 0.5) is 5.13 Å². The zero-order valence-electron chi connectivity index (χ0n) is 19.2. The maximum absolute atomic E-state index is 13.7. The van der Waals surface area contributed by atoms with Crippen LogP contribution in [0.15, 0.2) is 69.2 Å². The summed E-state index contributed by atoms with van der Waals surface area (Å²) < 4.78 is 11.1. The van der Waals surface area contributed by atoms with Crippen LogP contribution in [0.2, 0.25) is 5.02 Å². The van der Waals surface area contributed by atoms with Gasteiger partial charge in [0.1, 0.15) is 17.1 Å². The molecule has 1 unspecified atom stereocenters. The van der Waals surface area contributed by atoms with Crippen molar-refractivity contribution in [1.29, 1.82) is 0 Å². The molecule has 1 atom stereocenters. The predicted octanol–water partition coefficient (Wildman–Crippen LogP) is 6.03. The highest BCUT2D eigenvalue weighted by atomic mass is 35.5. The van der Waals surface area contributed by atoms with Gasteiger partial charge in [0.05, 0.1) is 22.7 Å². The number of halogens is 1. The second kappa shape index (κ2) is 9.57. The van der Waals surface area contributed by atoms with Crippen LogP contribution in [0.1, 0.15) is 43.1 Å². The number of ether oxygens (including phenoxy) is 1. The molecule has 0 aliphatic carbocycles. The number of rotatable bonds is 6. The van der Waals surface area contributed by atoms with E-state index in [-0.39, 0.29) is 44.3 Å². The number of amides is 1. The first-order valence-corrected chi connectivity index (χ1v) is 13.2. The average molecular weight is 539 g/mol. The summed E-state index contributed by atoms with van der Waals surface area (Å²) in [5, 5.41) is 0.926. The van der Waals surface area contributed by atoms with Gasteiger partial charge < -0.3 is 9.15 Å². The molecular weight excluding hydrogens is 520 g/mol. The molecule has 182 valence electrons. The zero-order chi connectivity index (χ0) is 25.6. The van der Waals surface area contributed by atoms with Crippen molar-refractivity contribution in [3.05, 3.63) is 97.8 Å². The van der Waals surface area contributed by atoms with Gasteiger partial charge in [-0.2, -0.15) is 0 Å². The molecule has 10 heteroatoms. The Balaban J connectivity index is 1.71. The highest BCUT2D eigenvalue weighted by molar-refractivity contribution is 7.98. The standard InChI is InChI=1S/C26H19ClN2O5S2/c1-4-11-33-25(32)23-13(2)28-26(36-23)29-20(14-5-8-16(35-3)9-6-14)19-21(30)17-12-15(27)7-10-18(17)34-22(19)24(29)31/h4-10,12,20H,1,11H2,2-3H3. The lowest BCUT2D eigenvalue weighted by molar-refractivity contribution is 0.0554. The fourth-order valence-electron chi connectivity index (χ4n) is 4.12. The van der Waals surface area contributed by atoms with Crippen LogP contribution < -0.4 is 10.3 Å². The Morgan fingerprint density at radius 3 is 2.72 bits per heavy atom. The van der Waals surface area contributed by atoms with Crippen molar-refractivity contribution in [3.8, 4) is 0 Å². The molecule has 0 fully saturated rings. The Bertz CT molecular complexity index is 1590. The highest BCUT2D eigenvalue weighted by Gasteiger charge is 2.45. The van der Waals surface area contributed by atoms with Crippen molar-refractivity contribution < 1.29 is 18.7 Å². The molecule has 2 aromatic carbocycles. The Morgan fingerprint density at radius 2 is 2.03 bits per heavy atom. The molecule has 1 amide bonds. The van der Waals surface area contributed by atoms with Crippen LogP contribution in [0.25, 0.3) is 11.0 Å². The molecule has 3 heterocycles. The van der Waals surface area contributed by atoms with Crippen LogP contribution in [0.3, 0.4) is 0 Å². The molecular formula is C26H19ClN2O5S2. The third-order valence-electron chi connectivity index (χ3n) is 5.77. The van der Waals surface area contributed by atoms with E-state index in [9.17, 15) is 14.4 Å². The van der Waals surface area contributed by atoms with E-state index < -0.39 is 17.9 Å². The third-order valence-corrected chi connectivity index (χ3v) is 7.89. The average Bonchev–Trinajstić information content (AvgIpc) is 3.40. The fraction of sp³-hybridized carbons (Fsp3) is 0.154. The Hall–Kier alpha value is -3.40. The summed E-state index contributed by atoms with van der Waals surface area (Å²) in [4.78, 5) is 47.2. The first-order valence-electron chi connectivity index (χ1n) is 10.8. The number of benzene rings is 2. The molecule has 0 saturated carbocycles. The Morgan fingerprint density at radius 1 is 1.28 bits per heavy atom. The molecule has 0 spiro atoms.